The minimum absolute atomic E-state index is 0.0572. The first-order valence-corrected chi connectivity index (χ1v) is 11.4. The lowest BCUT2D eigenvalue weighted by molar-refractivity contribution is -0.156. The van der Waals surface area contributed by atoms with Crippen LogP contribution in [0.15, 0.2) is 29.2 Å². The average molecular weight is 429 g/mol. The molecule has 7 nitrogen and oxygen atoms in total. The second kappa shape index (κ2) is 9.24. The fourth-order valence-corrected chi connectivity index (χ4v) is 5.24. The fraction of sp³-hybridized carbons (Fsp3) is 0.579. The van der Waals surface area contributed by atoms with Crippen LogP contribution in [0.2, 0.25) is 5.02 Å². The first-order valence-electron chi connectivity index (χ1n) is 9.58. The SMILES string of the molecule is O=C(OCC(=O)N1CCCCC1)C1CCCN(S(=O)(=O)c2ccc(Cl)cc2)C1. The highest BCUT2D eigenvalue weighted by molar-refractivity contribution is 7.89. The third kappa shape index (κ3) is 5.04. The first kappa shape index (κ1) is 21.1. The number of carbonyl (C=O) groups is 2. The Kier molecular flexibility index (Phi) is 6.95. The van der Waals surface area contributed by atoms with Gasteiger partial charge in [0.15, 0.2) is 6.61 Å². The summed E-state index contributed by atoms with van der Waals surface area (Å²) in [5, 5.41) is 0.456. The van der Waals surface area contributed by atoms with Gasteiger partial charge in [0.25, 0.3) is 5.91 Å². The minimum atomic E-state index is -3.70. The van der Waals surface area contributed by atoms with Crippen molar-refractivity contribution in [2.45, 2.75) is 37.0 Å². The molecule has 9 heteroatoms. The van der Waals surface area contributed by atoms with Gasteiger partial charge in [-0.15, -0.1) is 0 Å². The molecule has 2 aliphatic heterocycles. The Morgan fingerprint density at radius 2 is 1.71 bits per heavy atom. The molecule has 0 N–H and O–H groups in total. The number of amides is 1. The molecule has 3 rings (SSSR count). The summed E-state index contributed by atoms with van der Waals surface area (Å²) in [4.78, 5) is 26.4. The van der Waals surface area contributed by atoms with E-state index in [1.807, 2.05) is 0 Å². The van der Waals surface area contributed by atoms with Crippen LogP contribution in [0.4, 0.5) is 0 Å². The van der Waals surface area contributed by atoms with Crippen molar-refractivity contribution in [2.24, 2.45) is 5.92 Å². The molecule has 2 aliphatic rings. The predicted molar refractivity (Wildman–Crippen MR) is 104 cm³/mol. The lowest BCUT2D eigenvalue weighted by Crippen LogP contribution is -2.43. The van der Waals surface area contributed by atoms with Crippen molar-refractivity contribution in [3.8, 4) is 0 Å². The van der Waals surface area contributed by atoms with Crippen LogP contribution in [0.5, 0.6) is 0 Å². The summed E-state index contributed by atoms with van der Waals surface area (Å²) in [7, 11) is -3.70. The highest BCUT2D eigenvalue weighted by atomic mass is 35.5. The maximum absolute atomic E-state index is 12.8. The molecular weight excluding hydrogens is 404 g/mol. The van der Waals surface area contributed by atoms with Crippen molar-refractivity contribution in [3.63, 3.8) is 0 Å². The van der Waals surface area contributed by atoms with Gasteiger partial charge < -0.3 is 9.64 Å². The van der Waals surface area contributed by atoms with E-state index in [4.69, 9.17) is 16.3 Å². The number of esters is 1. The van der Waals surface area contributed by atoms with Crippen molar-refractivity contribution in [1.29, 1.82) is 0 Å². The van der Waals surface area contributed by atoms with Crippen molar-refractivity contribution < 1.29 is 22.7 Å². The van der Waals surface area contributed by atoms with Crippen LogP contribution < -0.4 is 0 Å². The van der Waals surface area contributed by atoms with E-state index in [1.54, 1.807) is 4.90 Å². The molecule has 1 unspecified atom stereocenters. The van der Waals surface area contributed by atoms with Gasteiger partial charge in [-0.2, -0.15) is 4.31 Å². The van der Waals surface area contributed by atoms with E-state index in [2.05, 4.69) is 0 Å². The van der Waals surface area contributed by atoms with E-state index in [0.29, 0.717) is 37.5 Å². The molecule has 0 aliphatic carbocycles. The monoisotopic (exact) mass is 428 g/mol. The fourth-order valence-electron chi connectivity index (χ4n) is 3.59. The summed E-state index contributed by atoms with van der Waals surface area (Å²) in [6.45, 7) is 1.53. The Bertz CT molecular complexity index is 806. The van der Waals surface area contributed by atoms with E-state index >= 15 is 0 Å². The number of piperidine rings is 2. The number of sulfonamides is 1. The van der Waals surface area contributed by atoms with Gasteiger partial charge in [-0.25, -0.2) is 8.42 Å². The smallest absolute Gasteiger partial charge is 0.310 e. The van der Waals surface area contributed by atoms with Crippen molar-refractivity contribution >= 4 is 33.5 Å². The Balaban J connectivity index is 1.57. The number of nitrogens with zero attached hydrogens (tertiary/aromatic N) is 2. The van der Waals surface area contributed by atoms with Gasteiger partial charge in [-0.3, -0.25) is 9.59 Å². The van der Waals surface area contributed by atoms with Crippen LogP contribution in [-0.2, 0) is 24.3 Å². The highest BCUT2D eigenvalue weighted by Crippen LogP contribution is 2.25. The maximum atomic E-state index is 12.8. The second-order valence-corrected chi connectivity index (χ2v) is 9.58. The van der Waals surface area contributed by atoms with Crippen LogP contribution in [0.1, 0.15) is 32.1 Å². The number of benzene rings is 1. The Hall–Kier alpha value is -1.64. The maximum Gasteiger partial charge on any atom is 0.310 e. The van der Waals surface area contributed by atoms with Crippen molar-refractivity contribution in [2.75, 3.05) is 32.8 Å². The molecule has 1 aromatic rings. The average Bonchev–Trinajstić information content (AvgIpc) is 2.72. The molecule has 154 valence electrons. The summed E-state index contributed by atoms with van der Waals surface area (Å²) >= 11 is 5.83. The molecule has 0 spiro atoms. The zero-order valence-electron chi connectivity index (χ0n) is 15.7. The number of hydrogen-bond acceptors (Lipinski definition) is 5. The molecule has 1 aromatic carbocycles. The molecule has 2 fully saturated rings. The summed E-state index contributed by atoms with van der Waals surface area (Å²) in [6.07, 6.45) is 4.17. The normalized spacial score (nSPS) is 21.3. The first-order chi connectivity index (χ1) is 13.4. The number of halogens is 1. The van der Waals surface area contributed by atoms with Gasteiger partial charge in [-0.1, -0.05) is 11.6 Å². The number of likely N-dealkylation sites (tertiary alicyclic amines) is 1. The Morgan fingerprint density at radius 1 is 1.04 bits per heavy atom. The lowest BCUT2D eigenvalue weighted by atomic mass is 10.00. The molecule has 0 bridgehead atoms. The molecule has 0 saturated carbocycles. The van der Waals surface area contributed by atoms with E-state index in [1.165, 1.54) is 28.6 Å². The van der Waals surface area contributed by atoms with Crippen molar-refractivity contribution in [1.82, 2.24) is 9.21 Å². The van der Waals surface area contributed by atoms with Crippen LogP contribution in [0.25, 0.3) is 0 Å². The minimum Gasteiger partial charge on any atom is -0.455 e. The predicted octanol–water partition coefficient (Wildman–Crippen LogP) is 2.30. The summed E-state index contributed by atoms with van der Waals surface area (Å²) in [5.74, 6) is -1.26. The van der Waals surface area contributed by atoms with E-state index in [-0.39, 0.29) is 24.0 Å². The standard InChI is InChI=1S/C19H25ClN2O5S/c20-16-6-8-17(9-7-16)28(25,26)22-12-4-5-15(13-22)19(24)27-14-18(23)21-10-2-1-3-11-21/h6-9,15H,1-5,10-14H2. The van der Waals surface area contributed by atoms with Crippen molar-refractivity contribution in [3.05, 3.63) is 29.3 Å². The number of rotatable bonds is 5. The Labute approximate surface area is 170 Å². The quantitative estimate of drug-likeness (QED) is 0.672. The molecule has 0 radical (unpaired) electrons. The van der Waals surface area contributed by atoms with Gasteiger partial charge in [0.05, 0.1) is 10.8 Å². The van der Waals surface area contributed by atoms with Gasteiger partial charge in [0, 0.05) is 31.2 Å². The molecule has 1 amide bonds. The van der Waals surface area contributed by atoms with E-state index in [0.717, 1.165) is 19.3 Å². The highest BCUT2D eigenvalue weighted by Gasteiger charge is 2.34. The second-order valence-electron chi connectivity index (χ2n) is 7.21. The molecule has 2 saturated heterocycles. The summed E-state index contributed by atoms with van der Waals surface area (Å²) < 4.78 is 32.1. The summed E-state index contributed by atoms with van der Waals surface area (Å²) in [5.41, 5.74) is 0. The van der Waals surface area contributed by atoms with E-state index < -0.39 is 21.9 Å². The Morgan fingerprint density at radius 3 is 2.39 bits per heavy atom. The third-order valence-electron chi connectivity index (χ3n) is 5.22. The summed E-state index contributed by atoms with van der Waals surface area (Å²) in [6, 6.07) is 5.96. The molecule has 2 heterocycles. The van der Waals surface area contributed by atoms with E-state index in [9.17, 15) is 18.0 Å². The largest absolute Gasteiger partial charge is 0.455 e. The number of hydrogen-bond donors (Lipinski definition) is 0. The number of ether oxygens (including phenoxy) is 1. The third-order valence-corrected chi connectivity index (χ3v) is 7.35. The number of carbonyl (C=O) groups excluding carboxylic acids is 2. The van der Waals surface area contributed by atoms with Gasteiger partial charge in [0.1, 0.15) is 0 Å². The topological polar surface area (TPSA) is 84.0 Å². The van der Waals surface area contributed by atoms with Crippen LogP contribution in [0.3, 0.4) is 0 Å². The van der Waals surface area contributed by atoms with Crippen LogP contribution >= 0.6 is 11.6 Å². The molecule has 1 atom stereocenters. The van der Waals surface area contributed by atoms with Gasteiger partial charge in [0.2, 0.25) is 10.0 Å². The molecule has 28 heavy (non-hydrogen) atoms. The molecular formula is C19H25ClN2O5S. The molecule has 0 aromatic heterocycles. The zero-order chi connectivity index (χ0) is 20.1. The van der Waals surface area contributed by atoms with Crippen LogP contribution in [-0.4, -0.2) is 62.3 Å². The van der Waals surface area contributed by atoms with Gasteiger partial charge in [-0.05, 0) is 56.4 Å². The van der Waals surface area contributed by atoms with Crippen LogP contribution in [0, 0.1) is 5.92 Å². The lowest BCUT2D eigenvalue weighted by Gasteiger charge is -2.31. The zero-order valence-corrected chi connectivity index (χ0v) is 17.3. The van der Waals surface area contributed by atoms with Gasteiger partial charge >= 0.3 is 5.97 Å².